The van der Waals surface area contributed by atoms with Gasteiger partial charge >= 0.3 is 12.1 Å². The Labute approximate surface area is 214 Å². The van der Waals surface area contributed by atoms with Gasteiger partial charge in [0.15, 0.2) is 21.7 Å². The van der Waals surface area contributed by atoms with Crippen LogP contribution < -0.4 is 4.73 Å². The zero-order chi connectivity index (χ0) is 27.6. The quantitative estimate of drug-likeness (QED) is 0.185. The number of imidazole rings is 1. The number of hydrogen-bond acceptors (Lipinski definition) is 5. The van der Waals surface area contributed by atoms with Crippen molar-refractivity contribution < 1.29 is 35.1 Å². The van der Waals surface area contributed by atoms with Crippen molar-refractivity contribution in [3.05, 3.63) is 65.1 Å². The first-order valence-corrected chi connectivity index (χ1v) is 13.3. The van der Waals surface area contributed by atoms with Crippen LogP contribution in [0.5, 0.6) is 0 Å². The molecule has 1 saturated carbocycles. The lowest BCUT2D eigenvalue weighted by atomic mass is 10.0. The fourth-order valence-electron chi connectivity index (χ4n) is 4.29. The van der Waals surface area contributed by atoms with Gasteiger partial charge in [0.05, 0.1) is 11.3 Å². The molecule has 1 aliphatic rings. The first kappa shape index (κ1) is 26.0. The third-order valence-corrected chi connectivity index (χ3v) is 8.39. The van der Waals surface area contributed by atoms with Gasteiger partial charge in [-0.25, -0.2) is 18.4 Å². The van der Waals surface area contributed by atoms with Crippen LogP contribution in [0.25, 0.3) is 33.8 Å². The molecule has 0 radical (unpaired) electrons. The highest BCUT2D eigenvalue weighted by Gasteiger charge is 2.59. The van der Waals surface area contributed by atoms with E-state index in [1.165, 1.54) is 30.8 Å². The van der Waals surface area contributed by atoms with Crippen molar-refractivity contribution in [1.82, 2.24) is 14.5 Å². The number of benzene rings is 1. The summed E-state index contributed by atoms with van der Waals surface area (Å²) in [7, 11) is -2.66. The van der Waals surface area contributed by atoms with Gasteiger partial charge in [0, 0.05) is 18.8 Å². The lowest BCUT2D eigenvalue weighted by molar-refractivity contribution is -0.595. The molecule has 0 atom stereocenters. The van der Waals surface area contributed by atoms with Crippen molar-refractivity contribution in [1.29, 1.82) is 0 Å². The van der Waals surface area contributed by atoms with Crippen LogP contribution in [0.3, 0.4) is 0 Å². The Kier molecular flexibility index (Phi) is 5.97. The molecule has 3 heterocycles. The van der Waals surface area contributed by atoms with Crippen LogP contribution in [0.1, 0.15) is 36.8 Å². The number of aromatic nitrogens is 4. The standard InChI is InChI=1S/C25H21F5N4O3S/c1-3-38(36,37)20-10-17(16-8-6-15(7-9-16)14-4-5-14)13-34(35)21(20)23-32-19-11-18(12-31-22(19)33(23)2)24(26,27)25(28,29)30/h6-14H,3-5H2,1-2H3. The Morgan fingerprint density at radius 1 is 1.08 bits per heavy atom. The molecular weight excluding hydrogens is 531 g/mol. The van der Waals surface area contributed by atoms with Crippen LogP contribution in [0.15, 0.2) is 53.7 Å². The largest absolute Gasteiger partial charge is 0.618 e. The van der Waals surface area contributed by atoms with Crippen LogP contribution >= 0.6 is 0 Å². The number of halogens is 5. The summed E-state index contributed by atoms with van der Waals surface area (Å²) in [5.74, 6) is -5.28. The number of alkyl halides is 5. The first-order chi connectivity index (χ1) is 17.7. The van der Waals surface area contributed by atoms with E-state index in [2.05, 4.69) is 9.97 Å². The molecule has 1 fully saturated rings. The molecule has 0 aliphatic heterocycles. The van der Waals surface area contributed by atoms with E-state index in [9.17, 15) is 35.6 Å². The minimum atomic E-state index is -5.85. The highest BCUT2D eigenvalue weighted by Crippen LogP contribution is 2.44. The highest BCUT2D eigenvalue weighted by molar-refractivity contribution is 7.91. The first-order valence-electron chi connectivity index (χ1n) is 11.6. The maximum atomic E-state index is 13.9. The molecular formula is C25H21F5N4O3S. The summed E-state index contributed by atoms with van der Waals surface area (Å²) >= 11 is 0. The molecule has 5 rings (SSSR count). The highest BCUT2D eigenvalue weighted by atomic mass is 32.2. The second-order valence-corrected chi connectivity index (χ2v) is 11.4. The summed E-state index contributed by atoms with van der Waals surface area (Å²) in [5.41, 5.74) is -0.182. The second kappa shape index (κ2) is 8.72. The summed E-state index contributed by atoms with van der Waals surface area (Å²) in [5, 5.41) is 13.3. The zero-order valence-corrected chi connectivity index (χ0v) is 20.9. The molecule has 0 N–H and O–H groups in total. The summed E-state index contributed by atoms with van der Waals surface area (Å²) < 4.78 is 94.1. The summed E-state index contributed by atoms with van der Waals surface area (Å²) in [6, 6.07) is 9.31. The third kappa shape index (κ3) is 4.28. The lowest BCUT2D eigenvalue weighted by Gasteiger charge is -2.19. The van der Waals surface area contributed by atoms with Crippen molar-refractivity contribution >= 4 is 21.0 Å². The molecule has 4 aromatic rings. The van der Waals surface area contributed by atoms with Gasteiger partial charge in [0.2, 0.25) is 5.82 Å². The molecule has 7 nitrogen and oxygen atoms in total. The van der Waals surface area contributed by atoms with Crippen LogP contribution in [-0.2, 0) is 22.8 Å². The van der Waals surface area contributed by atoms with E-state index in [-0.39, 0.29) is 27.6 Å². The van der Waals surface area contributed by atoms with Gasteiger partial charge in [0.1, 0.15) is 10.4 Å². The molecule has 0 unspecified atom stereocenters. The summed E-state index contributed by atoms with van der Waals surface area (Å²) in [4.78, 5) is 7.41. The number of fused-ring (bicyclic) bond motifs is 1. The van der Waals surface area contributed by atoms with E-state index in [4.69, 9.17) is 0 Å². The number of aryl methyl sites for hydroxylation is 1. The zero-order valence-electron chi connectivity index (χ0n) is 20.1. The molecule has 200 valence electrons. The molecule has 0 spiro atoms. The minimum Gasteiger partial charge on any atom is -0.618 e. The van der Waals surface area contributed by atoms with Crippen LogP contribution in [0.2, 0.25) is 0 Å². The Morgan fingerprint density at radius 2 is 1.74 bits per heavy atom. The average Bonchev–Trinajstić information content (AvgIpc) is 3.67. The lowest BCUT2D eigenvalue weighted by Crippen LogP contribution is -2.33. The van der Waals surface area contributed by atoms with Crippen molar-refractivity contribution in [3.63, 3.8) is 0 Å². The van der Waals surface area contributed by atoms with E-state index >= 15 is 0 Å². The monoisotopic (exact) mass is 552 g/mol. The van der Waals surface area contributed by atoms with E-state index in [1.807, 2.05) is 12.1 Å². The van der Waals surface area contributed by atoms with E-state index in [1.54, 1.807) is 12.1 Å². The molecule has 0 saturated heterocycles. The van der Waals surface area contributed by atoms with Gasteiger partial charge in [-0.3, -0.25) is 0 Å². The smallest absolute Gasteiger partial charge is 0.458 e. The molecule has 13 heteroatoms. The number of nitrogens with zero attached hydrogens (tertiary/aromatic N) is 4. The third-order valence-electron chi connectivity index (χ3n) is 6.64. The Bertz CT molecular complexity index is 1660. The van der Waals surface area contributed by atoms with Gasteiger partial charge in [-0.1, -0.05) is 31.2 Å². The molecule has 1 aromatic carbocycles. The predicted octanol–water partition coefficient (Wildman–Crippen LogP) is 5.26. The average molecular weight is 553 g/mol. The van der Waals surface area contributed by atoms with E-state index in [0.29, 0.717) is 34.0 Å². The SMILES string of the molecule is CCS(=O)(=O)c1cc(-c2ccc(C3CC3)cc2)c[n+]([O-])c1-c1nc2cc(C(F)(F)C(F)(F)F)cnc2n1C. The Hall–Kier alpha value is -3.61. The molecule has 38 heavy (non-hydrogen) atoms. The fourth-order valence-corrected chi connectivity index (χ4v) is 5.39. The minimum absolute atomic E-state index is 0.110. The molecule has 0 amide bonds. The van der Waals surface area contributed by atoms with Gasteiger partial charge in [-0.2, -0.15) is 26.7 Å². The maximum Gasteiger partial charge on any atom is 0.458 e. The molecule has 1 aliphatic carbocycles. The normalized spacial score (nSPS) is 14.8. The van der Waals surface area contributed by atoms with Gasteiger partial charge in [-0.05, 0) is 42.0 Å². The van der Waals surface area contributed by atoms with Crippen LogP contribution in [-0.4, -0.2) is 34.9 Å². The van der Waals surface area contributed by atoms with Crippen molar-refractivity contribution in [2.24, 2.45) is 7.05 Å². The van der Waals surface area contributed by atoms with E-state index in [0.717, 1.165) is 18.4 Å². The van der Waals surface area contributed by atoms with Crippen molar-refractivity contribution in [2.45, 2.75) is 42.7 Å². The second-order valence-electron chi connectivity index (χ2n) is 9.20. The molecule has 0 bridgehead atoms. The number of pyridine rings is 2. The summed E-state index contributed by atoms with van der Waals surface area (Å²) in [6.45, 7) is 1.40. The van der Waals surface area contributed by atoms with E-state index < -0.39 is 33.2 Å². The molecule has 3 aromatic heterocycles. The van der Waals surface area contributed by atoms with Crippen molar-refractivity contribution in [2.75, 3.05) is 5.75 Å². The number of rotatable bonds is 6. The maximum absolute atomic E-state index is 13.9. The summed E-state index contributed by atoms with van der Waals surface area (Å²) in [6.07, 6.45) is -2.09. The Balaban J connectivity index is 1.68. The van der Waals surface area contributed by atoms with Crippen LogP contribution in [0.4, 0.5) is 22.0 Å². The van der Waals surface area contributed by atoms with Gasteiger partial charge < -0.3 is 9.77 Å². The Morgan fingerprint density at radius 3 is 2.32 bits per heavy atom. The van der Waals surface area contributed by atoms with Gasteiger partial charge in [-0.15, -0.1) is 0 Å². The topological polar surface area (TPSA) is 91.8 Å². The predicted molar refractivity (Wildman–Crippen MR) is 128 cm³/mol. The van der Waals surface area contributed by atoms with Crippen molar-refractivity contribution in [3.8, 4) is 22.6 Å². The number of sulfone groups is 1. The van der Waals surface area contributed by atoms with Gasteiger partial charge in [0.25, 0.3) is 5.69 Å². The van der Waals surface area contributed by atoms with Crippen LogP contribution in [0, 0.1) is 5.21 Å². The fraction of sp³-hybridized carbons (Fsp3) is 0.320. The number of hydrogen-bond donors (Lipinski definition) is 0.